The lowest BCUT2D eigenvalue weighted by Crippen LogP contribution is -1.91. The summed E-state index contributed by atoms with van der Waals surface area (Å²) in [5.74, 6) is 0. The Morgan fingerprint density at radius 2 is 1.00 bits per heavy atom. The number of rotatable bonds is 3. The zero-order chi connectivity index (χ0) is 32.1. The van der Waals surface area contributed by atoms with Crippen LogP contribution in [0.1, 0.15) is 0 Å². The van der Waals surface area contributed by atoms with E-state index in [-0.39, 0.29) is 0 Å². The number of hydrogen-bond donors (Lipinski definition) is 0. The highest BCUT2D eigenvalue weighted by molar-refractivity contribution is 7.26. The summed E-state index contributed by atoms with van der Waals surface area (Å²) in [6, 6.07) is 54.6. The van der Waals surface area contributed by atoms with Crippen LogP contribution in [0.4, 0.5) is 0 Å². The van der Waals surface area contributed by atoms with Gasteiger partial charge in [-0.15, -0.1) is 11.3 Å². The van der Waals surface area contributed by atoms with E-state index in [0.29, 0.717) is 0 Å². The lowest BCUT2D eigenvalue weighted by molar-refractivity contribution is 0.617. The van der Waals surface area contributed by atoms with E-state index in [1.807, 2.05) is 23.7 Å². The number of thiophene rings is 1. The molecule has 0 saturated heterocycles. The maximum Gasteiger partial charge on any atom is 0.136 e. The van der Waals surface area contributed by atoms with Crippen molar-refractivity contribution in [3.8, 4) is 33.4 Å². The van der Waals surface area contributed by atoms with Crippen molar-refractivity contribution < 1.29 is 8.83 Å². The third kappa shape index (κ3) is 3.88. The van der Waals surface area contributed by atoms with Crippen LogP contribution >= 0.6 is 11.3 Å². The highest BCUT2D eigenvalue weighted by Gasteiger charge is 2.21. The maximum absolute atomic E-state index is 6.49. The highest BCUT2D eigenvalue weighted by Crippen LogP contribution is 2.48. The molecule has 0 aliphatic carbocycles. The second kappa shape index (κ2) is 10.2. The Morgan fingerprint density at radius 3 is 1.78 bits per heavy atom. The molecule has 49 heavy (non-hydrogen) atoms. The third-order valence-electron chi connectivity index (χ3n) is 10.1. The van der Waals surface area contributed by atoms with Crippen LogP contribution in [0.5, 0.6) is 0 Å². The Hall–Kier alpha value is -6.16. The fourth-order valence-corrected chi connectivity index (χ4v) is 9.19. The zero-order valence-corrected chi connectivity index (χ0v) is 27.1. The van der Waals surface area contributed by atoms with Crippen LogP contribution < -0.4 is 0 Å². The summed E-state index contributed by atoms with van der Waals surface area (Å²) in [7, 11) is 0. The van der Waals surface area contributed by atoms with E-state index in [1.54, 1.807) is 0 Å². The van der Waals surface area contributed by atoms with Crippen molar-refractivity contribution in [2.24, 2.45) is 0 Å². The summed E-state index contributed by atoms with van der Waals surface area (Å²) in [4.78, 5) is 0. The molecule has 8 aromatic carbocycles. The highest BCUT2D eigenvalue weighted by atomic mass is 32.1. The van der Waals surface area contributed by atoms with Crippen molar-refractivity contribution in [2.75, 3.05) is 0 Å². The first kappa shape index (κ1) is 26.9. The molecule has 0 amide bonds. The smallest absolute Gasteiger partial charge is 0.136 e. The maximum atomic E-state index is 6.49. The van der Waals surface area contributed by atoms with E-state index < -0.39 is 0 Å². The molecular formula is C46H26O2S. The van der Waals surface area contributed by atoms with E-state index >= 15 is 0 Å². The molecule has 2 nitrogen and oxygen atoms in total. The second-order valence-electron chi connectivity index (χ2n) is 12.8. The van der Waals surface area contributed by atoms with E-state index in [0.717, 1.165) is 44.0 Å². The fourth-order valence-electron chi connectivity index (χ4n) is 7.97. The van der Waals surface area contributed by atoms with Gasteiger partial charge in [-0.25, -0.2) is 0 Å². The van der Waals surface area contributed by atoms with Gasteiger partial charge < -0.3 is 8.83 Å². The van der Waals surface area contributed by atoms with Crippen molar-refractivity contribution in [3.05, 3.63) is 158 Å². The Morgan fingerprint density at radius 1 is 0.367 bits per heavy atom. The minimum Gasteiger partial charge on any atom is -0.464 e. The Labute approximate surface area is 285 Å². The minimum atomic E-state index is 0.857. The number of benzene rings is 8. The average Bonchev–Trinajstić information content (AvgIpc) is 3.86. The standard InChI is InChI=1S/C46H26O2S/c1-2-11-27(12-3-1)39-26-47-41-24-37-36-23-28(21-22-40(36)48-42(37)25-38(39)41)44-30-14-4-6-16-32(30)45(33-17-7-5-15-31(33)44)35-19-10-18-34-29-13-8-9-20-43(29)49-46(34)35/h1-26H. The number of fused-ring (bicyclic) bond motifs is 9. The molecule has 3 heteroatoms. The lowest BCUT2D eigenvalue weighted by Gasteiger charge is -2.18. The van der Waals surface area contributed by atoms with Gasteiger partial charge in [0.2, 0.25) is 0 Å². The molecule has 0 unspecified atom stereocenters. The Kier molecular flexibility index (Phi) is 5.57. The molecule has 11 rings (SSSR count). The van der Waals surface area contributed by atoms with E-state index in [1.165, 1.54) is 64.0 Å². The van der Waals surface area contributed by atoms with Gasteiger partial charge in [0.05, 0.1) is 6.26 Å². The monoisotopic (exact) mass is 642 g/mol. The van der Waals surface area contributed by atoms with Crippen LogP contribution in [0, 0.1) is 0 Å². The zero-order valence-electron chi connectivity index (χ0n) is 26.2. The molecule has 11 aromatic rings. The van der Waals surface area contributed by atoms with E-state index in [4.69, 9.17) is 8.83 Å². The van der Waals surface area contributed by atoms with Crippen LogP contribution in [0.25, 0.3) is 108 Å². The second-order valence-corrected chi connectivity index (χ2v) is 13.8. The first-order valence-electron chi connectivity index (χ1n) is 16.6. The van der Waals surface area contributed by atoms with Crippen LogP contribution in [0.3, 0.4) is 0 Å². The van der Waals surface area contributed by atoms with Gasteiger partial charge in [0.15, 0.2) is 0 Å². The van der Waals surface area contributed by atoms with E-state index in [2.05, 4.69) is 146 Å². The van der Waals surface area contributed by atoms with Crippen LogP contribution in [-0.2, 0) is 0 Å². The molecule has 0 aliphatic rings. The molecule has 3 heterocycles. The summed E-state index contributed by atoms with van der Waals surface area (Å²) < 4.78 is 15.3. The van der Waals surface area contributed by atoms with Crippen LogP contribution in [-0.4, -0.2) is 0 Å². The molecule has 0 radical (unpaired) electrons. The topological polar surface area (TPSA) is 26.3 Å². The molecule has 0 aliphatic heterocycles. The largest absolute Gasteiger partial charge is 0.464 e. The Bertz CT molecular complexity index is 3050. The Balaban J connectivity index is 1.17. The number of furan rings is 2. The minimum absolute atomic E-state index is 0.857. The molecule has 0 spiro atoms. The molecule has 228 valence electrons. The summed E-state index contributed by atoms with van der Waals surface area (Å²) in [6.45, 7) is 0. The van der Waals surface area contributed by atoms with Gasteiger partial charge in [-0.3, -0.25) is 0 Å². The normalized spacial score (nSPS) is 12.1. The van der Waals surface area contributed by atoms with Gasteiger partial charge >= 0.3 is 0 Å². The number of hydrogen-bond acceptors (Lipinski definition) is 3. The van der Waals surface area contributed by atoms with Crippen LogP contribution in [0.2, 0.25) is 0 Å². The molecular weight excluding hydrogens is 617 g/mol. The van der Waals surface area contributed by atoms with Crippen molar-refractivity contribution in [1.82, 2.24) is 0 Å². The average molecular weight is 643 g/mol. The van der Waals surface area contributed by atoms with E-state index in [9.17, 15) is 0 Å². The predicted molar refractivity (Wildman–Crippen MR) is 208 cm³/mol. The predicted octanol–water partition coefficient (Wildman–Crippen LogP) is 14.0. The SMILES string of the molecule is c1ccc(-c2coc3cc4c(cc23)oc2ccc(-c3c5ccccc5c(-c5cccc6c5sc5ccccc56)c5ccccc35)cc24)cc1. The molecule has 0 atom stereocenters. The molecule has 0 N–H and O–H groups in total. The van der Waals surface area contributed by atoms with Gasteiger partial charge in [0.25, 0.3) is 0 Å². The first-order chi connectivity index (χ1) is 24.3. The molecule has 3 aromatic heterocycles. The molecule has 0 saturated carbocycles. The quantitative estimate of drug-likeness (QED) is 0.179. The van der Waals surface area contributed by atoms with Crippen LogP contribution in [0.15, 0.2) is 167 Å². The summed E-state index contributed by atoms with van der Waals surface area (Å²) in [5.41, 5.74) is 9.76. The van der Waals surface area contributed by atoms with Gasteiger partial charge in [-0.1, -0.05) is 121 Å². The van der Waals surface area contributed by atoms with Crippen molar-refractivity contribution >= 4 is 86.0 Å². The van der Waals surface area contributed by atoms with Gasteiger partial charge in [0, 0.05) is 47.5 Å². The van der Waals surface area contributed by atoms with Gasteiger partial charge in [-0.2, -0.15) is 0 Å². The van der Waals surface area contributed by atoms with Gasteiger partial charge in [0.1, 0.15) is 16.7 Å². The van der Waals surface area contributed by atoms with Gasteiger partial charge in [-0.05, 0) is 74.1 Å². The summed E-state index contributed by atoms with van der Waals surface area (Å²) >= 11 is 1.89. The molecule has 0 fully saturated rings. The fraction of sp³-hybridized carbons (Fsp3) is 0. The summed E-state index contributed by atoms with van der Waals surface area (Å²) in [6.07, 6.45) is 1.85. The lowest BCUT2D eigenvalue weighted by atomic mass is 9.85. The molecule has 0 bridgehead atoms. The van der Waals surface area contributed by atoms with Crippen molar-refractivity contribution in [2.45, 2.75) is 0 Å². The third-order valence-corrected chi connectivity index (χ3v) is 11.4. The van der Waals surface area contributed by atoms with Crippen molar-refractivity contribution in [3.63, 3.8) is 0 Å². The van der Waals surface area contributed by atoms with Crippen molar-refractivity contribution in [1.29, 1.82) is 0 Å². The summed E-state index contributed by atoms with van der Waals surface area (Å²) in [5, 5.41) is 10.8. The first-order valence-corrected chi connectivity index (χ1v) is 17.4.